The number of sulfonamides is 1. The van der Waals surface area contributed by atoms with Crippen molar-refractivity contribution in [3.05, 3.63) is 61.2 Å². The van der Waals surface area contributed by atoms with Crippen LogP contribution in [0.1, 0.15) is 65.2 Å². The summed E-state index contributed by atoms with van der Waals surface area (Å²) in [7, 11) is -3.38. The summed E-state index contributed by atoms with van der Waals surface area (Å²) in [5.41, 5.74) is 11.4. The number of anilines is 8. The number of aromatic nitrogens is 8. The summed E-state index contributed by atoms with van der Waals surface area (Å²) in [6.07, 6.45) is 10.9. The van der Waals surface area contributed by atoms with Crippen molar-refractivity contribution in [2.24, 2.45) is 0 Å². The molecule has 2 fully saturated rings. The Balaban J connectivity index is 0.000000178. The number of rotatable bonds is 12. The van der Waals surface area contributed by atoms with Crippen molar-refractivity contribution in [2.45, 2.75) is 103 Å². The van der Waals surface area contributed by atoms with E-state index in [-0.39, 0.29) is 24.3 Å². The van der Waals surface area contributed by atoms with Crippen LogP contribution in [0.2, 0.25) is 0 Å². The minimum Gasteiger partial charge on any atom is -0.399 e. The van der Waals surface area contributed by atoms with E-state index in [0.29, 0.717) is 51.8 Å². The van der Waals surface area contributed by atoms with Gasteiger partial charge in [-0.2, -0.15) is 19.9 Å². The van der Waals surface area contributed by atoms with Gasteiger partial charge in [0.2, 0.25) is 21.9 Å². The first-order valence-electron chi connectivity index (χ1n) is 19.7. The Labute approximate surface area is 337 Å². The van der Waals surface area contributed by atoms with E-state index in [2.05, 4.69) is 57.8 Å². The van der Waals surface area contributed by atoms with Crippen LogP contribution in [0.3, 0.4) is 0 Å². The quantitative estimate of drug-likeness (QED) is 0.0705. The molecule has 0 aliphatic heterocycles. The van der Waals surface area contributed by atoms with Crippen molar-refractivity contribution in [1.82, 2.24) is 39.0 Å². The van der Waals surface area contributed by atoms with Gasteiger partial charge < -0.3 is 46.3 Å². The molecule has 9 N–H and O–H groups in total. The molecule has 2 aromatic carbocycles. The van der Waals surface area contributed by atoms with E-state index in [1.54, 1.807) is 30.9 Å². The molecule has 0 amide bonds. The van der Waals surface area contributed by atoms with Gasteiger partial charge in [-0.3, -0.25) is 4.72 Å². The maximum absolute atomic E-state index is 11.5. The molecule has 2 saturated carbocycles. The molecule has 0 unspecified atom stereocenters. The molecule has 19 heteroatoms. The predicted octanol–water partition coefficient (Wildman–Crippen LogP) is 5.56. The molecule has 18 nitrogen and oxygen atoms in total. The fourth-order valence-corrected chi connectivity index (χ4v) is 7.78. The maximum Gasteiger partial charge on any atom is 0.229 e. The number of imidazole rings is 2. The van der Waals surface area contributed by atoms with Crippen LogP contribution in [0.5, 0.6) is 0 Å². The lowest BCUT2D eigenvalue weighted by Crippen LogP contribution is -2.29. The Morgan fingerprint density at radius 1 is 0.672 bits per heavy atom. The Morgan fingerprint density at radius 3 is 1.57 bits per heavy atom. The van der Waals surface area contributed by atoms with Gasteiger partial charge >= 0.3 is 0 Å². The van der Waals surface area contributed by atoms with E-state index in [1.165, 1.54) is 0 Å². The zero-order chi connectivity index (χ0) is 40.8. The standard InChI is InChI=1S/C20H27N7O3S.C19H25N7O/c1-3-27-12-21-17-18(22-14-5-4-6-15(11-14)26-31(2,29)30)24-20(25-19(17)27)23-13-7-9-16(28)10-8-13;1-2-26-11-21-16-17(22-14-5-3-4-12(20)10-14)24-19(25-18(16)26)23-13-6-8-15(27)9-7-13/h4-6,11-13,16,26,28H,3,7-10H2,1-2H3,(H2,22,23,24,25);3-5,10-11,13,15,27H,2,6-9,20H2,1H3,(H2,22,23,24,25)/t;13-,15-. The first-order valence-corrected chi connectivity index (χ1v) is 21.6. The molecule has 0 atom stereocenters. The number of aliphatic hydroxyl groups is 2. The molecule has 2 aliphatic rings. The van der Waals surface area contributed by atoms with E-state index >= 15 is 0 Å². The summed E-state index contributed by atoms with van der Waals surface area (Å²) in [5, 5.41) is 32.9. The number of fused-ring (bicyclic) bond motifs is 2. The van der Waals surface area contributed by atoms with Gasteiger partial charge in [-0.25, -0.2) is 18.4 Å². The lowest BCUT2D eigenvalue weighted by Gasteiger charge is -2.26. The van der Waals surface area contributed by atoms with E-state index in [0.717, 1.165) is 87.6 Å². The third-order valence-corrected chi connectivity index (χ3v) is 10.9. The molecule has 8 rings (SSSR count). The van der Waals surface area contributed by atoms with Crippen LogP contribution >= 0.6 is 0 Å². The first kappa shape index (κ1) is 40.4. The van der Waals surface area contributed by atoms with Crippen LogP contribution in [0.25, 0.3) is 22.3 Å². The molecule has 308 valence electrons. The number of nitrogens with two attached hydrogens (primary N) is 1. The highest BCUT2D eigenvalue weighted by Gasteiger charge is 2.23. The second kappa shape index (κ2) is 17.8. The number of aliphatic hydroxyl groups excluding tert-OH is 2. The number of nitrogens with zero attached hydrogens (tertiary/aromatic N) is 8. The zero-order valence-electron chi connectivity index (χ0n) is 32.9. The Morgan fingerprint density at radius 2 is 1.12 bits per heavy atom. The molecule has 0 radical (unpaired) electrons. The van der Waals surface area contributed by atoms with Crippen molar-refractivity contribution in [2.75, 3.05) is 38.0 Å². The highest BCUT2D eigenvalue weighted by molar-refractivity contribution is 7.92. The molecule has 2 aliphatic carbocycles. The van der Waals surface area contributed by atoms with Crippen molar-refractivity contribution in [3.63, 3.8) is 0 Å². The SMILES string of the molecule is CCn1cnc2c(Nc3cccc(N)c3)nc(N[C@H]3CC[C@H](O)CC3)nc21.CCn1cnc2c(Nc3cccc(NS(C)(=O)=O)c3)nc(NC3CCC(O)CC3)nc21. The van der Waals surface area contributed by atoms with E-state index in [9.17, 15) is 18.6 Å². The molecule has 4 aromatic heterocycles. The van der Waals surface area contributed by atoms with Gasteiger partial charge in [0, 0.05) is 42.2 Å². The van der Waals surface area contributed by atoms with Gasteiger partial charge in [0.25, 0.3) is 0 Å². The van der Waals surface area contributed by atoms with Gasteiger partial charge in [0.05, 0.1) is 36.8 Å². The Hall–Kier alpha value is -5.79. The van der Waals surface area contributed by atoms with Gasteiger partial charge in [-0.05, 0) is 102 Å². The molecular weight excluding hydrogens is 761 g/mol. The Bertz CT molecular complexity index is 2440. The smallest absolute Gasteiger partial charge is 0.229 e. The highest BCUT2D eigenvalue weighted by atomic mass is 32.2. The molecule has 4 heterocycles. The fraction of sp³-hybridized carbons (Fsp3) is 0.436. The number of aryl methyl sites for hydroxylation is 2. The van der Waals surface area contributed by atoms with E-state index in [1.807, 2.05) is 46.4 Å². The lowest BCUT2D eigenvalue weighted by atomic mass is 9.93. The van der Waals surface area contributed by atoms with Crippen molar-refractivity contribution in [1.29, 1.82) is 0 Å². The van der Waals surface area contributed by atoms with Crippen molar-refractivity contribution in [3.8, 4) is 0 Å². The van der Waals surface area contributed by atoms with Crippen molar-refractivity contribution < 1.29 is 18.6 Å². The Kier molecular flexibility index (Phi) is 12.4. The summed E-state index contributed by atoms with van der Waals surface area (Å²) in [6.45, 7) is 5.58. The number of hydrogen-bond donors (Lipinski definition) is 8. The van der Waals surface area contributed by atoms with Crippen LogP contribution in [0, 0.1) is 0 Å². The molecular formula is C39H52N14O4S. The monoisotopic (exact) mass is 812 g/mol. The average Bonchev–Trinajstić information content (AvgIpc) is 3.81. The molecule has 6 aromatic rings. The highest BCUT2D eigenvalue weighted by Crippen LogP contribution is 2.29. The summed E-state index contributed by atoms with van der Waals surface area (Å²) >= 11 is 0. The summed E-state index contributed by atoms with van der Waals surface area (Å²) in [5.74, 6) is 2.26. The summed E-state index contributed by atoms with van der Waals surface area (Å²) < 4.78 is 29.5. The van der Waals surface area contributed by atoms with Gasteiger partial charge in [0.15, 0.2) is 34.0 Å². The van der Waals surface area contributed by atoms with Gasteiger partial charge in [-0.1, -0.05) is 12.1 Å². The van der Waals surface area contributed by atoms with Gasteiger partial charge in [0.1, 0.15) is 0 Å². The minimum atomic E-state index is -3.38. The lowest BCUT2D eigenvalue weighted by molar-refractivity contribution is 0.125. The number of hydrogen-bond acceptors (Lipinski definition) is 15. The van der Waals surface area contributed by atoms with E-state index in [4.69, 9.17) is 10.7 Å². The summed E-state index contributed by atoms with van der Waals surface area (Å²) in [4.78, 5) is 27.6. The topological polar surface area (TPSA) is 248 Å². The first-order chi connectivity index (χ1) is 27.9. The predicted molar refractivity (Wildman–Crippen MR) is 228 cm³/mol. The normalized spacial score (nSPS) is 19.6. The van der Waals surface area contributed by atoms with Crippen molar-refractivity contribution >= 4 is 78.6 Å². The third kappa shape index (κ3) is 10.2. The van der Waals surface area contributed by atoms with Crippen LogP contribution in [-0.4, -0.2) is 88.2 Å². The minimum absolute atomic E-state index is 0.186. The zero-order valence-corrected chi connectivity index (χ0v) is 33.7. The van der Waals surface area contributed by atoms with Crippen LogP contribution in [0.4, 0.5) is 46.3 Å². The number of nitrogens with one attached hydrogen (secondary N) is 5. The van der Waals surface area contributed by atoms with Crippen LogP contribution in [0.15, 0.2) is 61.2 Å². The van der Waals surface area contributed by atoms with Gasteiger partial charge in [-0.15, -0.1) is 0 Å². The average molecular weight is 813 g/mol. The second-order valence-corrected chi connectivity index (χ2v) is 16.6. The second-order valence-electron chi connectivity index (χ2n) is 14.8. The number of nitrogen functional groups attached to an aromatic ring is 1. The largest absolute Gasteiger partial charge is 0.399 e. The molecule has 0 spiro atoms. The van der Waals surface area contributed by atoms with Crippen LogP contribution < -0.4 is 31.7 Å². The number of benzene rings is 2. The molecule has 0 bridgehead atoms. The van der Waals surface area contributed by atoms with E-state index < -0.39 is 10.0 Å². The molecule has 0 saturated heterocycles. The fourth-order valence-electron chi connectivity index (χ4n) is 7.22. The molecule has 58 heavy (non-hydrogen) atoms. The maximum atomic E-state index is 11.5. The summed E-state index contributed by atoms with van der Waals surface area (Å²) in [6, 6.07) is 15.0. The third-order valence-electron chi connectivity index (χ3n) is 10.2. The van der Waals surface area contributed by atoms with Crippen LogP contribution in [-0.2, 0) is 23.1 Å².